The molecule has 15 heavy (non-hydrogen) atoms. The monoisotopic (exact) mass is 257 g/mol. The van der Waals surface area contributed by atoms with Crippen LogP contribution in [-0.2, 0) is 22.8 Å². The van der Waals surface area contributed by atoms with Gasteiger partial charge < -0.3 is 15.2 Å². The number of carbonyl (C=O) groups is 1. The highest BCUT2D eigenvalue weighted by atomic mass is 31.2. The minimum Gasteiger partial charge on any atom is -0.366 e. The maximum Gasteiger partial charge on any atom is 0.326 e. The Morgan fingerprint density at radius 1 is 1.47 bits per heavy atom. The fourth-order valence-electron chi connectivity index (χ4n) is 0.228. The largest absolute Gasteiger partial charge is 0.366 e. The van der Waals surface area contributed by atoms with Gasteiger partial charge in [-0.1, -0.05) is 12.7 Å². The second-order valence-corrected chi connectivity index (χ2v) is 3.96. The van der Waals surface area contributed by atoms with Crippen LogP contribution in [-0.4, -0.2) is 17.4 Å². The Kier molecular flexibility index (Phi) is 12.7. The third-order valence-electron chi connectivity index (χ3n) is 0.691. The van der Waals surface area contributed by atoms with E-state index in [0.717, 1.165) is 6.08 Å². The van der Waals surface area contributed by atoms with Gasteiger partial charge in [0.1, 0.15) is 0 Å². The molecule has 0 aliphatic heterocycles. The summed E-state index contributed by atoms with van der Waals surface area (Å²) in [5, 5.41) is 0. The number of nitrogens with two attached hydrogens (primary N) is 1. The lowest BCUT2D eigenvalue weighted by Gasteiger charge is -1.97. The first-order chi connectivity index (χ1) is 6.93. The van der Waals surface area contributed by atoms with Crippen LogP contribution in [0.1, 0.15) is 0 Å². The van der Waals surface area contributed by atoms with Gasteiger partial charge in [-0.05, 0) is 6.08 Å². The van der Waals surface area contributed by atoms with E-state index in [1.807, 2.05) is 0 Å². The van der Waals surface area contributed by atoms with E-state index in [4.69, 9.17) is 4.89 Å². The van der Waals surface area contributed by atoms with E-state index in [0.29, 0.717) is 0 Å². The zero-order valence-corrected chi connectivity index (χ0v) is 9.84. The molecule has 88 valence electrons. The lowest BCUT2D eigenvalue weighted by molar-refractivity contribution is -0.113. The lowest BCUT2D eigenvalue weighted by atomic mass is 10.6. The van der Waals surface area contributed by atoms with E-state index in [2.05, 4.69) is 27.7 Å². The minimum atomic E-state index is -3.14. The minimum absolute atomic E-state index is 0.0486. The highest BCUT2D eigenvalue weighted by Gasteiger charge is 2.00. The summed E-state index contributed by atoms with van der Waals surface area (Å²) in [6.45, 7) is 6.41. The molecule has 0 aromatic heterocycles. The van der Waals surface area contributed by atoms with Crippen LogP contribution in [0.3, 0.4) is 0 Å². The first kappa shape index (κ1) is 16.7. The van der Waals surface area contributed by atoms with E-state index in [9.17, 15) is 13.9 Å². The number of hydrogen-bond acceptors (Lipinski definition) is 5. The second-order valence-electron chi connectivity index (χ2n) is 1.82. The predicted octanol–water partition coefficient (Wildman–Crippen LogP) is 0.635. The molecular formula is C6H13NO6P2. The first-order valence-corrected chi connectivity index (χ1v) is 6.03. The summed E-state index contributed by atoms with van der Waals surface area (Å²) in [5.41, 5.74) is 4.53. The van der Waals surface area contributed by atoms with Gasteiger partial charge in [0.05, 0.1) is 6.61 Å². The van der Waals surface area contributed by atoms with E-state index in [1.165, 1.54) is 6.08 Å². The van der Waals surface area contributed by atoms with Gasteiger partial charge in [0.25, 0.3) is 0 Å². The van der Waals surface area contributed by atoms with Crippen LogP contribution in [0.15, 0.2) is 25.3 Å². The first-order valence-electron chi connectivity index (χ1n) is 3.54. The third-order valence-corrected chi connectivity index (χ3v) is 2.46. The summed E-state index contributed by atoms with van der Waals surface area (Å²) in [6.07, 6.45) is 2.42. The molecule has 0 saturated heterocycles. The van der Waals surface area contributed by atoms with Crippen LogP contribution in [0.5, 0.6) is 0 Å². The second kappa shape index (κ2) is 11.4. The van der Waals surface area contributed by atoms with Crippen molar-refractivity contribution in [2.45, 2.75) is 0 Å². The van der Waals surface area contributed by atoms with Crippen LogP contribution in [0.25, 0.3) is 0 Å². The Balaban J connectivity index is 0. The topological polar surface area (TPSA) is 116 Å². The Morgan fingerprint density at radius 3 is 2.20 bits per heavy atom. The summed E-state index contributed by atoms with van der Waals surface area (Å²) in [4.78, 5) is 17.5. The van der Waals surface area contributed by atoms with Crippen molar-refractivity contribution in [2.75, 3.05) is 6.61 Å². The molecule has 7 nitrogen and oxygen atoms in total. The van der Waals surface area contributed by atoms with Gasteiger partial charge in [0.2, 0.25) is 5.91 Å². The van der Waals surface area contributed by atoms with Gasteiger partial charge >= 0.3 is 16.5 Å². The van der Waals surface area contributed by atoms with Crippen LogP contribution >= 0.6 is 16.5 Å². The van der Waals surface area contributed by atoms with Crippen molar-refractivity contribution in [3.63, 3.8) is 0 Å². The van der Waals surface area contributed by atoms with Crippen molar-refractivity contribution in [1.29, 1.82) is 0 Å². The van der Waals surface area contributed by atoms with Crippen molar-refractivity contribution in [2.24, 2.45) is 5.73 Å². The average Bonchev–Trinajstić information content (AvgIpc) is 2.14. The molecule has 1 amide bonds. The molecule has 0 heterocycles. The van der Waals surface area contributed by atoms with Crippen molar-refractivity contribution < 1.29 is 27.7 Å². The molecule has 0 aliphatic carbocycles. The zero-order chi connectivity index (χ0) is 12.3. The molecule has 3 N–H and O–H groups in total. The maximum absolute atomic E-state index is 10.4. The standard InChI is InChI=1S/C3H5NO.C3H8O5P2/c1-2-3(4)5;1-2-3-7-10(6)8-9(4)5/h2H,1H2,(H2,4,5);2,9-10H,1,3H2,(H,4,5). The molecule has 0 aromatic carbocycles. The van der Waals surface area contributed by atoms with Gasteiger partial charge in [0, 0.05) is 0 Å². The lowest BCUT2D eigenvalue weighted by Crippen LogP contribution is -2.04. The summed E-state index contributed by atoms with van der Waals surface area (Å²) < 4.78 is 28.5. The van der Waals surface area contributed by atoms with Crippen molar-refractivity contribution in [1.82, 2.24) is 0 Å². The van der Waals surface area contributed by atoms with E-state index >= 15 is 0 Å². The van der Waals surface area contributed by atoms with Gasteiger partial charge in [-0.2, -0.15) is 0 Å². The van der Waals surface area contributed by atoms with Crippen LogP contribution in [0, 0.1) is 0 Å². The fourth-order valence-corrected chi connectivity index (χ4v) is 1.29. The zero-order valence-electron chi connectivity index (χ0n) is 7.84. The highest BCUT2D eigenvalue weighted by Crippen LogP contribution is 2.35. The van der Waals surface area contributed by atoms with Gasteiger partial charge in [-0.25, -0.2) is 4.31 Å². The van der Waals surface area contributed by atoms with E-state index in [1.54, 1.807) is 0 Å². The quantitative estimate of drug-likeness (QED) is 0.409. The predicted molar refractivity (Wildman–Crippen MR) is 56.8 cm³/mol. The van der Waals surface area contributed by atoms with Crippen LogP contribution in [0.4, 0.5) is 0 Å². The molecule has 0 rings (SSSR count). The Bertz CT molecular complexity index is 266. The number of carbonyl (C=O) groups excluding carboxylic acids is 1. The van der Waals surface area contributed by atoms with Crippen molar-refractivity contribution in [3.8, 4) is 0 Å². The van der Waals surface area contributed by atoms with Crippen molar-refractivity contribution in [3.05, 3.63) is 25.3 Å². The number of rotatable bonds is 6. The molecule has 9 heteroatoms. The molecular weight excluding hydrogens is 244 g/mol. The van der Waals surface area contributed by atoms with E-state index < -0.39 is 22.4 Å². The van der Waals surface area contributed by atoms with Gasteiger partial charge in [-0.15, -0.1) is 6.58 Å². The fraction of sp³-hybridized carbons (Fsp3) is 0.167. The Labute approximate surface area is 88.5 Å². The third kappa shape index (κ3) is 19.6. The molecule has 0 fully saturated rings. The van der Waals surface area contributed by atoms with Crippen LogP contribution in [0.2, 0.25) is 0 Å². The normalized spacial score (nSPS) is 12.9. The Morgan fingerprint density at radius 2 is 1.93 bits per heavy atom. The molecule has 0 bridgehead atoms. The summed E-state index contributed by atoms with van der Waals surface area (Å²) >= 11 is 0. The number of amides is 1. The molecule has 0 aliphatic rings. The molecule has 2 atom stereocenters. The van der Waals surface area contributed by atoms with Gasteiger partial charge in [-0.3, -0.25) is 13.9 Å². The molecule has 0 radical (unpaired) electrons. The number of hydrogen-bond donors (Lipinski definition) is 2. The maximum atomic E-state index is 10.4. The Hall–Kier alpha value is -0.710. The number of primary amides is 1. The van der Waals surface area contributed by atoms with Crippen molar-refractivity contribution >= 4 is 22.4 Å². The van der Waals surface area contributed by atoms with Gasteiger partial charge in [0.15, 0.2) is 0 Å². The highest BCUT2D eigenvalue weighted by molar-refractivity contribution is 7.47. The van der Waals surface area contributed by atoms with Crippen LogP contribution < -0.4 is 5.73 Å². The average molecular weight is 257 g/mol. The SMILES string of the molecule is C=CC(N)=O.C=CCO[PH](=O)O[PH](=O)O. The molecule has 0 aromatic rings. The summed E-state index contributed by atoms with van der Waals surface area (Å²) in [5.74, 6) is -0.481. The molecule has 0 spiro atoms. The molecule has 2 unspecified atom stereocenters. The summed E-state index contributed by atoms with van der Waals surface area (Å²) in [7, 11) is -5.93. The molecule has 0 saturated carbocycles. The van der Waals surface area contributed by atoms with E-state index in [-0.39, 0.29) is 6.61 Å². The summed E-state index contributed by atoms with van der Waals surface area (Å²) in [6, 6.07) is 0. The smallest absolute Gasteiger partial charge is 0.326 e.